The fourth-order valence-electron chi connectivity index (χ4n) is 0.468. The Kier molecular flexibility index (Phi) is 4.95. The molecule has 0 aromatic rings. The van der Waals surface area contributed by atoms with Crippen molar-refractivity contribution in [2.45, 2.75) is 19.1 Å². The van der Waals surface area contributed by atoms with Gasteiger partial charge in [-0.3, -0.25) is 0 Å². The van der Waals surface area contributed by atoms with Gasteiger partial charge in [-0.25, -0.2) is 0 Å². The quantitative estimate of drug-likeness (QED) is 0.445. The lowest BCUT2D eigenvalue weighted by Gasteiger charge is -2.13. The van der Waals surface area contributed by atoms with Gasteiger partial charge < -0.3 is 14.6 Å². The zero-order valence-corrected chi connectivity index (χ0v) is 6.20. The highest BCUT2D eigenvalue weighted by molar-refractivity contribution is 4.97. The summed E-state index contributed by atoms with van der Waals surface area (Å²) in [5.41, 5.74) is 0. The van der Waals surface area contributed by atoms with Crippen molar-refractivity contribution in [1.29, 1.82) is 0 Å². The third kappa shape index (κ3) is 3.46. The van der Waals surface area contributed by atoms with Gasteiger partial charge in [-0.15, -0.1) is 6.42 Å². The highest BCUT2D eigenvalue weighted by Crippen LogP contribution is 1.96. The summed E-state index contributed by atoms with van der Waals surface area (Å²) >= 11 is 0. The van der Waals surface area contributed by atoms with Crippen LogP contribution in [0, 0.1) is 12.3 Å². The maximum absolute atomic E-state index is 8.92. The van der Waals surface area contributed by atoms with Crippen LogP contribution in [0.1, 0.15) is 6.92 Å². The van der Waals surface area contributed by atoms with Crippen LogP contribution in [0.3, 0.4) is 0 Å². The van der Waals surface area contributed by atoms with E-state index in [9.17, 15) is 0 Å². The van der Waals surface area contributed by atoms with E-state index in [0.717, 1.165) is 0 Å². The lowest BCUT2D eigenvalue weighted by Crippen LogP contribution is -2.25. The first kappa shape index (κ1) is 9.44. The van der Waals surface area contributed by atoms with Crippen LogP contribution in [0.25, 0.3) is 0 Å². The Labute approximate surface area is 60.9 Å². The summed E-state index contributed by atoms with van der Waals surface area (Å²) in [4.78, 5) is 0. The molecular weight excluding hydrogens is 132 g/mol. The topological polar surface area (TPSA) is 38.7 Å². The maximum atomic E-state index is 8.92. The summed E-state index contributed by atoms with van der Waals surface area (Å²) in [5, 5.41) is 8.92. The van der Waals surface area contributed by atoms with E-state index < -0.39 is 12.2 Å². The molecule has 0 aromatic heterocycles. The Morgan fingerprint density at radius 1 is 1.70 bits per heavy atom. The number of hydrogen-bond donors (Lipinski definition) is 1. The van der Waals surface area contributed by atoms with Crippen molar-refractivity contribution in [3.63, 3.8) is 0 Å². The number of ether oxygens (including phenoxy) is 2. The van der Waals surface area contributed by atoms with E-state index in [1.807, 2.05) is 0 Å². The van der Waals surface area contributed by atoms with E-state index in [-0.39, 0.29) is 6.79 Å². The summed E-state index contributed by atoms with van der Waals surface area (Å²) < 4.78 is 9.49. The Hall–Kier alpha value is -0.560. The first-order chi connectivity index (χ1) is 4.72. The monoisotopic (exact) mass is 144 g/mol. The molecule has 3 heteroatoms. The van der Waals surface area contributed by atoms with Crippen LogP contribution in [-0.2, 0) is 9.47 Å². The highest BCUT2D eigenvalue weighted by Gasteiger charge is 2.10. The number of aliphatic hydroxyl groups excluding tert-OH is 1. The first-order valence-electron chi connectivity index (χ1n) is 2.97. The van der Waals surface area contributed by atoms with Crippen LogP contribution < -0.4 is 0 Å². The Balaban J connectivity index is 3.53. The fourth-order valence-corrected chi connectivity index (χ4v) is 0.468. The van der Waals surface area contributed by atoms with Crippen molar-refractivity contribution in [3.05, 3.63) is 0 Å². The molecule has 0 rings (SSSR count). The smallest absolute Gasteiger partial charge is 0.148 e. The Morgan fingerprint density at radius 2 is 2.30 bits per heavy atom. The van der Waals surface area contributed by atoms with Crippen LogP contribution in [0.15, 0.2) is 0 Å². The van der Waals surface area contributed by atoms with Gasteiger partial charge in [0.25, 0.3) is 0 Å². The molecule has 0 aliphatic rings. The molecular formula is C7H12O3. The van der Waals surface area contributed by atoms with Gasteiger partial charge in [0.15, 0.2) is 0 Å². The van der Waals surface area contributed by atoms with Crippen molar-refractivity contribution in [2.24, 2.45) is 0 Å². The molecule has 0 aromatic carbocycles. The molecule has 0 amide bonds. The van der Waals surface area contributed by atoms with E-state index in [2.05, 4.69) is 10.7 Å². The Bertz CT molecular complexity index is 115. The molecule has 0 saturated carbocycles. The molecule has 0 aliphatic carbocycles. The van der Waals surface area contributed by atoms with Crippen molar-refractivity contribution in [2.75, 3.05) is 13.9 Å². The standard InChI is InChI=1S/C7H12O3/c1-4-7(6(2)8)10-5-9-3/h1,6-8H,5H2,2-3H3/t6-,7+/m0/s1. The van der Waals surface area contributed by atoms with Gasteiger partial charge in [0.1, 0.15) is 12.9 Å². The molecule has 2 atom stereocenters. The van der Waals surface area contributed by atoms with Gasteiger partial charge in [-0.2, -0.15) is 0 Å². The van der Waals surface area contributed by atoms with E-state index in [4.69, 9.17) is 16.3 Å². The van der Waals surface area contributed by atoms with Crippen LogP contribution in [0.5, 0.6) is 0 Å². The van der Waals surface area contributed by atoms with Crippen LogP contribution in [0.4, 0.5) is 0 Å². The highest BCUT2D eigenvalue weighted by atomic mass is 16.7. The lowest BCUT2D eigenvalue weighted by atomic mass is 10.2. The average Bonchev–Trinajstić information content (AvgIpc) is 1.89. The summed E-state index contributed by atoms with van der Waals surface area (Å²) in [5.74, 6) is 2.28. The van der Waals surface area contributed by atoms with E-state index in [0.29, 0.717) is 0 Å². The molecule has 0 spiro atoms. The van der Waals surface area contributed by atoms with Crippen molar-refractivity contribution >= 4 is 0 Å². The zero-order chi connectivity index (χ0) is 7.98. The van der Waals surface area contributed by atoms with Crippen LogP contribution in [-0.4, -0.2) is 31.2 Å². The van der Waals surface area contributed by atoms with Crippen molar-refractivity contribution in [1.82, 2.24) is 0 Å². The summed E-state index contributed by atoms with van der Waals surface area (Å²) in [6, 6.07) is 0. The second kappa shape index (κ2) is 5.24. The largest absolute Gasteiger partial charge is 0.390 e. The van der Waals surface area contributed by atoms with Gasteiger partial charge >= 0.3 is 0 Å². The normalized spacial score (nSPS) is 15.8. The minimum atomic E-state index is -0.653. The van der Waals surface area contributed by atoms with E-state index in [1.165, 1.54) is 7.11 Å². The molecule has 10 heavy (non-hydrogen) atoms. The minimum Gasteiger partial charge on any atom is -0.390 e. The van der Waals surface area contributed by atoms with E-state index in [1.54, 1.807) is 6.92 Å². The van der Waals surface area contributed by atoms with Crippen molar-refractivity contribution in [3.8, 4) is 12.3 Å². The van der Waals surface area contributed by atoms with Gasteiger partial charge in [-0.1, -0.05) is 5.92 Å². The number of aliphatic hydroxyl groups is 1. The third-order valence-electron chi connectivity index (χ3n) is 0.968. The first-order valence-corrected chi connectivity index (χ1v) is 2.97. The van der Waals surface area contributed by atoms with Crippen molar-refractivity contribution < 1.29 is 14.6 Å². The molecule has 0 heterocycles. The summed E-state index contributed by atoms with van der Waals surface area (Å²) in [7, 11) is 1.50. The number of hydrogen-bond acceptors (Lipinski definition) is 3. The van der Waals surface area contributed by atoms with Gasteiger partial charge in [-0.05, 0) is 6.92 Å². The zero-order valence-electron chi connectivity index (χ0n) is 6.20. The van der Waals surface area contributed by atoms with Gasteiger partial charge in [0.2, 0.25) is 0 Å². The molecule has 0 bridgehead atoms. The SMILES string of the molecule is C#C[C@@H](OCOC)[C@H](C)O. The molecule has 3 nitrogen and oxygen atoms in total. The van der Waals surface area contributed by atoms with E-state index >= 15 is 0 Å². The number of terminal acetylenes is 1. The third-order valence-corrected chi connectivity index (χ3v) is 0.968. The fraction of sp³-hybridized carbons (Fsp3) is 0.714. The molecule has 0 fully saturated rings. The second-order valence-electron chi connectivity index (χ2n) is 1.90. The summed E-state index contributed by atoms with van der Waals surface area (Å²) in [6.07, 6.45) is 3.80. The second-order valence-corrected chi connectivity index (χ2v) is 1.90. The lowest BCUT2D eigenvalue weighted by molar-refractivity contribution is -0.0852. The predicted octanol–water partition coefficient (Wildman–Crippen LogP) is -0.0105. The average molecular weight is 144 g/mol. The molecule has 1 N–H and O–H groups in total. The summed E-state index contributed by atoms with van der Waals surface area (Å²) in [6.45, 7) is 1.68. The number of rotatable bonds is 4. The molecule has 0 aliphatic heterocycles. The maximum Gasteiger partial charge on any atom is 0.148 e. The van der Waals surface area contributed by atoms with Gasteiger partial charge in [0, 0.05) is 7.11 Å². The predicted molar refractivity (Wildman–Crippen MR) is 37.3 cm³/mol. The number of methoxy groups -OCH3 is 1. The van der Waals surface area contributed by atoms with Crippen LogP contribution >= 0.6 is 0 Å². The molecule has 58 valence electrons. The molecule has 0 saturated heterocycles. The Morgan fingerprint density at radius 3 is 2.60 bits per heavy atom. The molecule has 0 unspecified atom stereocenters. The minimum absolute atomic E-state index is 0.111. The van der Waals surface area contributed by atoms with Crippen LogP contribution in [0.2, 0.25) is 0 Å². The van der Waals surface area contributed by atoms with Gasteiger partial charge in [0.05, 0.1) is 6.10 Å². The molecule has 0 radical (unpaired) electrons.